The number of nitrogens with one attached hydrogen (secondary N) is 2. The number of hydrazone groups is 1. The average Bonchev–Trinajstić information content (AvgIpc) is 2.94. The van der Waals surface area contributed by atoms with Crippen LogP contribution in [0.4, 0.5) is 8.78 Å². The van der Waals surface area contributed by atoms with Gasteiger partial charge in [0, 0.05) is 21.5 Å². The molecule has 4 nitrogen and oxygen atoms in total. The van der Waals surface area contributed by atoms with E-state index in [0.717, 1.165) is 23.2 Å². The summed E-state index contributed by atoms with van der Waals surface area (Å²) in [6.07, 6.45) is 1.04. The van der Waals surface area contributed by atoms with E-state index in [-0.39, 0.29) is 11.3 Å². The smallest absolute Gasteiger partial charge is 0.287 e. The Bertz CT molecular complexity index is 921. The van der Waals surface area contributed by atoms with Crippen LogP contribution in [0.5, 0.6) is 0 Å². The third-order valence-electron chi connectivity index (χ3n) is 3.18. The number of benzene rings is 2. The first-order valence-corrected chi connectivity index (χ1v) is 6.98. The largest absolute Gasteiger partial charge is 0.350 e. The highest BCUT2D eigenvalue weighted by atomic mass is 35.5. The molecule has 0 aliphatic heterocycles. The number of rotatable bonds is 3. The molecule has 23 heavy (non-hydrogen) atoms. The van der Waals surface area contributed by atoms with Crippen LogP contribution >= 0.6 is 11.6 Å². The van der Waals surface area contributed by atoms with Crippen LogP contribution in [0.1, 0.15) is 16.1 Å². The maximum Gasteiger partial charge on any atom is 0.287 e. The van der Waals surface area contributed by atoms with Crippen molar-refractivity contribution in [2.75, 3.05) is 0 Å². The van der Waals surface area contributed by atoms with Gasteiger partial charge in [0.05, 0.1) is 6.21 Å². The molecule has 0 radical (unpaired) electrons. The van der Waals surface area contributed by atoms with Crippen LogP contribution in [-0.2, 0) is 0 Å². The van der Waals surface area contributed by atoms with Crippen molar-refractivity contribution in [1.29, 1.82) is 0 Å². The van der Waals surface area contributed by atoms with E-state index < -0.39 is 17.5 Å². The number of hydrogen-bond donors (Lipinski definition) is 2. The SMILES string of the molecule is O=C(N/N=C/c1cccc(F)c1F)c1cc2cc(Cl)ccc2[nH]1. The summed E-state index contributed by atoms with van der Waals surface area (Å²) < 4.78 is 26.5. The molecule has 0 saturated carbocycles. The van der Waals surface area contributed by atoms with Crippen LogP contribution in [0.25, 0.3) is 10.9 Å². The van der Waals surface area contributed by atoms with Gasteiger partial charge in [-0.2, -0.15) is 5.10 Å². The molecule has 1 heterocycles. The lowest BCUT2D eigenvalue weighted by molar-refractivity contribution is 0.0951. The first kappa shape index (κ1) is 15.2. The number of aromatic nitrogens is 1. The molecule has 2 aromatic carbocycles. The van der Waals surface area contributed by atoms with E-state index >= 15 is 0 Å². The molecule has 0 atom stereocenters. The Morgan fingerprint density at radius 3 is 2.87 bits per heavy atom. The molecular formula is C16H10ClF2N3O. The summed E-state index contributed by atoms with van der Waals surface area (Å²) >= 11 is 5.88. The Hall–Kier alpha value is -2.73. The van der Waals surface area contributed by atoms with Crippen molar-refractivity contribution in [3.8, 4) is 0 Å². The zero-order valence-electron chi connectivity index (χ0n) is 11.6. The van der Waals surface area contributed by atoms with Crippen LogP contribution in [-0.4, -0.2) is 17.1 Å². The highest BCUT2D eigenvalue weighted by molar-refractivity contribution is 6.31. The summed E-state index contributed by atoms with van der Waals surface area (Å²) in [6.45, 7) is 0. The van der Waals surface area contributed by atoms with Crippen LogP contribution in [0, 0.1) is 11.6 Å². The number of fused-ring (bicyclic) bond motifs is 1. The van der Waals surface area contributed by atoms with Gasteiger partial charge in [0.2, 0.25) is 0 Å². The van der Waals surface area contributed by atoms with Crippen LogP contribution in [0.15, 0.2) is 47.6 Å². The number of halogens is 3. The molecule has 116 valence electrons. The fourth-order valence-corrected chi connectivity index (χ4v) is 2.25. The predicted octanol–water partition coefficient (Wildman–Crippen LogP) is 3.86. The first-order chi connectivity index (χ1) is 11.0. The Morgan fingerprint density at radius 2 is 2.04 bits per heavy atom. The molecule has 0 unspecified atom stereocenters. The van der Waals surface area contributed by atoms with Crippen molar-refractivity contribution in [3.63, 3.8) is 0 Å². The minimum atomic E-state index is -1.02. The number of amides is 1. The number of H-pyrrole nitrogens is 1. The number of aromatic amines is 1. The van der Waals surface area contributed by atoms with Gasteiger partial charge in [-0.25, -0.2) is 14.2 Å². The molecular weight excluding hydrogens is 324 g/mol. The molecule has 0 aliphatic rings. The number of hydrogen-bond acceptors (Lipinski definition) is 2. The number of carbonyl (C=O) groups is 1. The molecule has 1 aromatic heterocycles. The van der Waals surface area contributed by atoms with E-state index in [4.69, 9.17) is 11.6 Å². The Morgan fingerprint density at radius 1 is 1.22 bits per heavy atom. The van der Waals surface area contributed by atoms with Crippen molar-refractivity contribution in [2.24, 2.45) is 5.10 Å². The average molecular weight is 334 g/mol. The number of carbonyl (C=O) groups excluding carboxylic acids is 1. The van der Waals surface area contributed by atoms with Crippen molar-refractivity contribution in [2.45, 2.75) is 0 Å². The third kappa shape index (κ3) is 3.22. The lowest BCUT2D eigenvalue weighted by Gasteiger charge is -1.98. The molecule has 0 aliphatic carbocycles. The van der Waals surface area contributed by atoms with Crippen molar-refractivity contribution in [1.82, 2.24) is 10.4 Å². The molecule has 3 aromatic rings. The summed E-state index contributed by atoms with van der Waals surface area (Å²) in [4.78, 5) is 14.9. The Balaban J connectivity index is 1.75. The van der Waals surface area contributed by atoms with Gasteiger partial charge in [0.25, 0.3) is 5.91 Å². The van der Waals surface area contributed by atoms with E-state index in [2.05, 4.69) is 15.5 Å². The first-order valence-electron chi connectivity index (χ1n) is 6.60. The van der Waals surface area contributed by atoms with Crippen molar-refractivity contribution >= 4 is 34.6 Å². The summed E-state index contributed by atoms with van der Waals surface area (Å²) in [5.41, 5.74) is 3.21. The monoisotopic (exact) mass is 333 g/mol. The highest BCUT2D eigenvalue weighted by Gasteiger charge is 2.09. The fraction of sp³-hybridized carbons (Fsp3) is 0. The second kappa shape index (κ2) is 6.18. The Kier molecular flexibility index (Phi) is 4.08. The van der Waals surface area contributed by atoms with Gasteiger partial charge in [0.15, 0.2) is 11.6 Å². The van der Waals surface area contributed by atoms with E-state index in [1.54, 1.807) is 24.3 Å². The van der Waals surface area contributed by atoms with Gasteiger partial charge in [-0.05, 0) is 30.3 Å². The van der Waals surface area contributed by atoms with Gasteiger partial charge >= 0.3 is 0 Å². The molecule has 7 heteroatoms. The quantitative estimate of drug-likeness (QED) is 0.555. The molecule has 0 fully saturated rings. The van der Waals surface area contributed by atoms with Crippen LogP contribution < -0.4 is 5.43 Å². The molecule has 1 amide bonds. The van der Waals surface area contributed by atoms with Gasteiger partial charge in [-0.1, -0.05) is 23.7 Å². The molecule has 3 rings (SSSR count). The lowest BCUT2D eigenvalue weighted by Crippen LogP contribution is -2.18. The zero-order valence-corrected chi connectivity index (χ0v) is 12.4. The molecule has 2 N–H and O–H groups in total. The minimum absolute atomic E-state index is 0.0614. The van der Waals surface area contributed by atoms with Crippen molar-refractivity contribution < 1.29 is 13.6 Å². The maximum atomic E-state index is 13.4. The normalized spacial score (nSPS) is 11.3. The Labute approximate surface area is 134 Å². The third-order valence-corrected chi connectivity index (χ3v) is 3.41. The second-order valence-electron chi connectivity index (χ2n) is 4.76. The zero-order chi connectivity index (χ0) is 16.4. The van der Waals surface area contributed by atoms with Crippen LogP contribution in [0.3, 0.4) is 0 Å². The predicted molar refractivity (Wildman–Crippen MR) is 84.7 cm³/mol. The molecule has 0 bridgehead atoms. The van der Waals surface area contributed by atoms with Crippen LogP contribution in [0.2, 0.25) is 5.02 Å². The standard InChI is InChI=1S/C16H10ClF2N3O/c17-11-4-5-13-10(6-11)7-14(21-13)16(23)22-20-8-9-2-1-3-12(18)15(9)19/h1-8,21H,(H,22,23)/b20-8+. The minimum Gasteiger partial charge on any atom is -0.350 e. The van der Waals surface area contributed by atoms with Gasteiger partial charge < -0.3 is 4.98 Å². The summed E-state index contributed by atoms with van der Waals surface area (Å²) in [5.74, 6) is -2.51. The van der Waals surface area contributed by atoms with Gasteiger partial charge in [-0.15, -0.1) is 0 Å². The molecule has 0 spiro atoms. The second-order valence-corrected chi connectivity index (χ2v) is 5.19. The van der Waals surface area contributed by atoms with E-state index in [0.29, 0.717) is 5.02 Å². The maximum absolute atomic E-state index is 13.4. The highest BCUT2D eigenvalue weighted by Crippen LogP contribution is 2.20. The summed E-state index contributed by atoms with van der Waals surface area (Å²) in [6, 6.07) is 10.5. The van der Waals surface area contributed by atoms with Gasteiger partial charge in [-0.3, -0.25) is 4.79 Å². The summed E-state index contributed by atoms with van der Waals surface area (Å²) in [5, 5.41) is 4.97. The van der Waals surface area contributed by atoms with Crippen molar-refractivity contribution in [3.05, 3.63) is 70.4 Å². The van der Waals surface area contributed by atoms with E-state index in [9.17, 15) is 13.6 Å². The molecule has 0 saturated heterocycles. The van der Waals surface area contributed by atoms with Gasteiger partial charge in [0.1, 0.15) is 5.69 Å². The number of nitrogens with zero attached hydrogens (tertiary/aromatic N) is 1. The summed E-state index contributed by atoms with van der Waals surface area (Å²) in [7, 11) is 0. The topological polar surface area (TPSA) is 57.2 Å². The lowest BCUT2D eigenvalue weighted by atomic mass is 10.2. The van der Waals surface area contributed by atoms with E-state index in [1.165, 1.54) is 12.1 Å². The van der Waals surface area contributed by atoms with E-state index in [1.807, 2.05) is 0 Å². The fourth-order valence-electron chi connectivity index (χ4n) is 2.07.